The van der Waals surface area contributed by atoms with Crippen molar-refractivity contribution < 1.29 is 41.5 Å². The van der Waals surface area contributed by atoms with E-state index in [0.29, 0.717) is 35.0 Å². The highest BCUT2D eigenvalue weighted by Crippen LogP contribution is 2.44. The molecule has 9 rings (SSSR count). The van der Waals surface area contributed by atoms with E-state index in [1.165, 1.54) is 24.1 Å². The summed E-state index contributed by atoms with van der Waals surface area (Å²) in [6.07, 6.45) is 1.03. The van der Waals surface area contributed by atoms with E-state index in [9.17, 15) is 22.6 Å². The molecule has 1 unspecified atom stereocenters. The molecule has 4 aliphatic heterocycles. The first-order valence-corrected chi connectivity index (χ1v) is 19.7. The Morgan fingerprint density at radius 3 is 1.86 bits per heavy atom. The number of para-hydroxylation sites is 2. The quantitative estimate of drug-likeness (QED) is 0.150. The first-order chi connectivity index (χ1) is 27.1. The van der Waals surface area contributed by atoms with Crippen LogP contribution >= 0.6 is 0 Å². The summed E-state index contributed by atoms with van der Waals surface area (Å²) in [6, 6.07) is 28.5. The van der Waals surface area contributed by atoms with Gasteiger partial charge < -0.3 is 39.4 Å². The van der Waals surface area contributed by atoms with Gasteiger partial charge in [0.05, 0.1) is 48.8 Å². The molecule has 5 aromatic rings. The van der Waals surface area contributed by atoms with Crippen LogP contribution < -0.4 is 39.4 Å². The predicted molar refractivity (Wildman–Crippen MR) is 210 cm³/mol. The van der Waals surface area contributed by atoms with Crippen molar-refractivity contribution in [2.75, 3.05) is 41.2 Å². The first-order valence-electron chi connectivity index (χ1n) is 18.2. The summed E-state index contributed by atoms with van der Waals surface area (Å²) in [5, 5.41) is 4.90. The highest BCUT2D eigenvalue weighted by atomic mass is 32.2. The fraction of sp³-hybridized carbons (Fsp3) is 0.238. The Bertz CT molecular complexity index is 2530. The molecule has 0 saturated heterocycles. The molecule has 0 radical (unpaired) electrons. The normalized spacial score (nSPS) is 19.2. The van der Waals surface area contributed by atoms with Crippen LogP contribution in [0.15, 0.2) is 97.1 Å². The van der Waals surface area contributed by atoms with Crippen LogP contribution in [0.25, 0.3) is 0 Å². The number of amides is 2. The molecule has 0 spiro atoms. The number of ether oxygens (including phenoxy) is 4. The molecule has 0 fully saturated rings. The van der Waals surface area contributed by atoms with Crippen LogP contribution in [-0.2, 0) is 36.2 Å². The summed E-state index contributed by atoms with van der Waals surface area (Å²) in [5.41, 5.74) is 6.71. The molecule has 13 nitrogen and oxygen atoms in total. The molecule has 4 aliphatic rings. The first kappa shape index (κ1) is 35.5. The van der Waals surface area contributed by atoms with Crippen LogP contribution in [0.2, 0.25) is 0 Å². The maximum Gasteiger partial charge on any atom is 0.288 e. The molecule has 0 bridgehead atoms. The highest BCUT2D eigenvalue weighted by molar-refractivity contribution is 7.86. The molecule has 3 N–H and O–H groups in total. The van der Waals surface area contributed by atoms with Gasteiger partial charge in [0.1, 0.15) is 13.2 Å². The van der Waals surface area contributed by atoms with E-state index in [-0.39, 0.29) is 54.3 Å². The topological polar surface area (TPSA) is 156 Å². The van der Waals surface area contributed by atoms with E-state index in [2.05, 4.69) is 16.7 Å². The second-order valence-corrected chi connectivity index (χ2v) is 15.7. The molecular formula is C42H38N4O9S. The van der Waals surface area contributed by atoms with Crippen LogP contribution in [0.5, 0.6) is 23.0 Å². The van der Waals surface area contributed by atoms with Crippen molar-refractivity contribution in [2.45, 2.75) is 43.5 Å². The van der Waals surface area contributed by atoms with Crippen LogP contribution in [0.3, 0.4) is 0 Å². The van der Waals surface area contributed by atoms with Crippen molar-refractivity contribution in [1.29, 1.82) is 0 Å². The van der Waals surface area contributed by atoms with Crippen LogP contribution in [0.4, 0.5) is 22.7 Å². The van der Waals surface area contributed by atoms with Crippen molar-refractivity contribution in [3.05, 3.63) is 130 Å². The second-order valence-electron chi connectivity index (χ2n) is 14.2. The number of nitrogens with zero attached hydrogens (tertiary/aromatic N) is 2. The Morgan fingerprint density at radius 2 is 1.23 bits per heavy atom. The lowest BCUT2D eigenvalue weighted by molar-refractivity contribution is 0.0974. The van der Waals surface area contributed by atoms with Crippen molar-refractivity contribution >= 4 is 44.7 Å². The van der Waals surface area contributed by atoms with Crippen LogP contribution in [-0.4, -0.2) is 63.0 Å². The number of rotatable bonds is 9. The summed E-state index contributed by atoms with van der Waals surface area (Å²) in [4.78, 5) is 31.1. The number of hydrogen-bond acceptors (Lipinski definition) is 10. The van der Waals surface area contributed by atoms with E-state index >= 15 is 0 Å². The van der Waals surface area contributed by atoms with Crippen LogP contribution in [0.1, 0.15) is 43.0 Å². The predicted octanol–water partition coefficient (Wildman–Crippen LogP) is 6.07. The standard InChI is InChI=1S/C42H38N4O9S/c1-52-36-17-29-31(43-21-28-15-26-10-3-5-12-33(26)45(28)41(29)47)19-38(36)54-22-24-8-7-9-25(14-24)23-55-39-20-32-30(18-37(39)53-2)42(48)46-34-13-6-4-11-27(34)16-35(46)40(44-32)56(49,50)51/h3-14,17-20,28,35,40,43-44H,15-16,21-23H2,1-2H3,(H,49,50,51)/t28-,35-,40?/m0/s1. The van der Waals surface area contributed by atoms with Gasteiger partial charge in [0.15, 0.2) is 28.4 Å². The number of carbonyl (C=O) groups is 2. The Balaban J connectivity index is 0.927. The van der Waals surface area contributed by atoms with Gasteiger partial charge in [-0.1, -0.05) is 54.6 Å². The van der Waals surface area contributed by atoms with Crippen LogP contribution in [0, 0.1) is 0 Å². The van der Waals surface area contributed by atoms with Gasteiger partial charge in [-0.25, -0.2) is 0 Å². The fourth-order valence-electron chi connectivity index (χ4n) is 8.24. The van der Waals surface area contributed by atoms with Gasteiger partial charge in [0.2, 0.25) is 0 Å². The lowest BCUT2D eigenvalue weighted by Gasteiger charge is -2.27. The summed E-state index contributed by atoms with van der Waals surface area (Å²) in [5.74, 6) is 0.957. The molecular weight excluding hydrogens is 737 g/mol. The number of benzene rings is 5. The average molecular weight is 775 g/mol. The zero-order chi connectivity index (χ0) is 38.7. The van der Waals surface area contributed by atoms with Gasteiger partial charge in [-0.2, -0.15) is 8.42 Å². The lowest BCUT2D eigenvalue weighted by Crippen LogP contribution is -2.49. The Hall–Kier alpha value is -6.25. The molecule has 4 heterocycles. The van der Waals surface area contributed by atoms with Gasteiger partial charge in [0, 0.05) is 30.1 Å². The van der Waals surface area contributed by atoms with E-state index in [4.69, 9.17) is 18.9 Å². The third-order valence-corrected chi connectivity index (χ3v) is 11.9. The monoisotopic (exact) mass is 774 g/mol. The Kier molecular flexibility index (Phi) is 8.74. The maximum atomic E-state index is 14.0. The van der Waals surface area contributed by atoms with Gasteiger partial charge >= 0.3 is 0 Å². The van der Waals surface area contributed by atoms with E-state index in [1.54, 1.807) is 25.3 Å². The molecule has 0 aliphatic carbocycles. The average Bonchev–Trinajstić information content (AvgIpc) is 3.70. The highest BCUT2D eigenvalue weighted by Gasteiger charge is 2.47. The maximum absolute atomic E-state index is 14.0. The van der Waals surface area contributed by atoms with Crippen molar-refractivity contribution in [3.8, 4) is 23.0 Å². The van der Waals surface area contributed by atoms with Crippen molar-refractivity contribution in [3.63, 3.8) is 0 Å². The Morgan fingerprint density at radius 1 is 0.679 bits per heavy atom. The number of methoxy groups -OCH3 is 2. The number of carbonyl (C=O) groups excluding carboxylic acids is 2. The minimum Gasteiger partial charge on any atom is -0.493 e. The van der Waals surface area contributed by atoms with Gasteiger partial charge in [-0.15, -0.1) is 0 Å². The van der Waals surface area contributed by atoms with Gasteiger partial charge in [-0.05, 0) is 65.4 Å². The second kappa shape index (κ2) is 13.8. The molecule has 5 aromatic carbocycles. The number of hydrogen-bond donors (Lipinski definition) is 3. The van der Waals surface area contributed by atoms with E-state index < -0.39 is 27.4 Å². The van der Waals surface area contributed by atoms with Gasteiger partial charge in [-0.3, -0.25) is 14.1 Å². The molecule has 2 amide bonds. The number of anilines is 4. The zero-order valence-electron chi connectivity index (χ0n) is 30.5. The molecule has 14 heteroatoms. The zero-order valence-corrected chi connectivity index (χ0v) is 31.3. The largest absolute Gasteiger partial charge is 0.493 e. The van der Waals surface area contributed by atoms with E-state index in [0.717, 1.165) is 34.4 Å². The van der Waals surface area contributed by atoms with Gasteiger partial charge in [0.25, 0.3) is 21.9 Å². The van der Waals surface area contributed by atoms with E-state index in [1.807, 2.05) is 65.6 Å². The minimum atomic E-state index is -4.64. The third-order valence-electron chi connectivity index (χ3n) is 10.9. The molecule has 0 aromatic heterocycles. The molecule has 3 atom stereocenters. The lowest BCUT2D eigenvalue weighted by atomic mass is 10.1. The third kappa shape index (κ3) is 6.10. The smallest absolute Gasteiger partial charge is 0.288 e. The molecule has 0 saturated carbocycles. The summed E-state index contributed by atoms with van der Waals surface area (Å²) < 4.78 is 59.5. The van der Waals surface area contributed by atoms with Crippen molar-refractivity contribution in [2.24, 2.45) is 0 Å². The summed E-state index contributed by atoms with van der Waals surface area (Å²) in [6.45, 7) is 0.901. The van der Waals surface area contributed by atoms with Crippen molar-refractivity contribution in [1.82, 2.24) is 0 Å². The number of nitrogens with one attached hydrogen (secondary N) is 2. The molecule has 286 valence electrons. The summed E-state index contributed by atoms with van der Waals surface area (Å²) >= 11 is 0. The molecule has 56 heavy (non-hydrogen) atoms. The fourth-order valence-corrected chi connectivity index (χ4v) is 9.13. The summed E-state index contributed by atoms with van der Waals surface area (Å²) in [7, 11) is -1.64. The Labute approximate surface area is 323 Å². The number of fused-ring (bicyclic) bond motifs is 8. The minimum absolute atomic E-state index is 0.00150. The SMILES string of the molecule is COc1cc2c(cc1OCc1cccc(COc3cc4c(cc3OC)C(=O)N3c5ccccc5C[C@H]3C(S(=O)(=O)O)N4)c1)NC[C@@H]1Cc3ccccc3N1C2=O.